The summed E-state index contributed by atoms with van der Waals surface area (Å²) in [4.78, 5) is 11.4. The summed E-state index contributed by atoms with van der Waals surface area (Å²) < 4.78 is 10.8. The molecule has 2 rings (SSSR count). The van der Waals surface area contributed by atoms with Gasteiger partial charge in [0.1, 0.15) is 5.75 Å². The number of hydrogen-bond donors (Lipinski definition) is 0. The number of esters is 1. The highest BCUT2D eigenvalue weighted by Crippen LogP contribution is 2.29. The van der Waals surface area contributed by atoms with Crippen molar-refractivity contribution in [2.75, 3.05) is 7.11 Å². The Labute approximate surface area is 108 Å². The van der Waals surface area contributed by atoms with E-state index in [9.17, 15) is 4.79 Å². The van der Waals surface area contributed by atoms with Gasteiger partial charge in [-0.2, -0.15) is 0 Å². The molecular weight excluding hydrogens is 228 g/mol. The Morgan fingerprint density at radius 1 is 1.17 bits per heavy atom. The van der Waals surface area contributed by atoms with Crippen LogP contribution >= 0.6 is 0 Å². The number of methoxy groups -OCH3 is 1. The first kappa shape index (κ1) is 12.9. The fourth-order valence-electron chi connectivity index (χ4n) is 2.45. The summed E-state index contributed by atoms with van der Waals surface area (Å²) in [7, 11) is 1.46. The average Bonchev–Trinajstić information content (AvgIpc) is 2.41. The molecule has 0 spiro atoms. The fourth-order valence-corrected chi connectivity index (χ4v) is 2.45. The first-order chi connectivity index (χ1) is 8.70. The smallest absolute Gasteiger partial charge is 0.308 e. The molecule has 0 amide bonds. The Morgan fingerprint density at radius 2 is 1.83 bits per heavy atom. The van der Waals surface area contributed by atoms with Crippen LogP contribution in [0.2, 0.25) is 0 Å². The van der Waals surface area contributed by atoms with E-state index in [1.54, 1.807) is 0 Å². The van der Waals surface area contributed by atoms with E-state index in [-0.39, 0.29) is 18.0 Å². The SMILES string of the molecule is COC(=O)[C@H]1CC[C@H](Oc2ccccc2C)CC1. The molecule has 0 N–H and O–H groups in total. The van der Waals surface area contributed by atoms with Gasteiger partial charge in [0, 0.05) is 0 Å². The molecule has 98 valence electrons. The van der Waals surface area contributed by atoms with Gasteiger partial charge in [-0.3, -0.25) is 4.79 Å². The van der Waals surface area contributed by atoms with Crippen LogP contribution < -0.4 is 4.74 Å². The normalized spacial score (nSPS) is 23.4. The van der Waals surface area contributed by atoms with E-state index in [0.717, 1.165) is 37.0 Å². The van der Waals surface area contributed by atoms with Gasteiger partial charge in [0.2, 0.25) is 0 Å². The zero-order valence-electron chi connectivity index (χ0n) is 11.0. The number of rotatable bonds is 3. The van der Waals surface area contributed by atoms with Crippen molar-refractivity contribution in [1.82, 2.24) is 0 Å². The van der Waals surface area contributed by atoms with E-state index in [1.807, 2.05) is 18.2 Å². The van der Waals surface area contributed by atoms with E-state index >= 15 is 0 Å². The van der Waals surface area contributed by atoms with Crippen LogP contribution in [-0.2, 0) is 9.53 Å². The minimum atomic E-state index is -0.0793. The molecule has 1 aromatic carbocycles. The minimum absolute atomic E-state index is 0.0618. The summed E-state index contributed by atoms with van der Waals surface area (Å²) in [6.07, 6.45) is 3.81. The van der Waals surface area contributed by atoms with Crippen LogP contribution in [0.25, 0.3) is 0 Å². The summed E-state index contributed by atoms with van der Waals surface area (Å²) in [5, 5.41) is 0. The molecule has 0 radical (unpaired) electrons. The van der Waals surface area contributed by atoms with Crippen LogP contribution in [0.15, 0.2) is 24.3 Å². The molecule has 0 heterocycles. The van der Waals surface area contributed by atoms with Crippen molar-refractivity contribution in [2.24, 2.45) is 5.92 Å². The van der Waals surface area contributed by atoms with Gasteiger partial charge in [0.05, 0.1) is 19.1 Å². The molecule has 3 nitrogen and oxygen atoms in total. The van der Waals surface area contributed by atoms with Crippen molar-refractivity contribution in [3.63, 3.8) is 0 Å². The van der Waals surface area contributed by atoms with Crippen LogP contribution in [-0.4, -0.2) is 19.2 Å². The molecule has 0 aromatic heterocycles. The molecule has 1 aliphatic carbocycles. The number of hydrogen-bond acceptors (Lipinski definition) is 3. The zero-order valence-corrected chi connectivity index (χ0v) is 11.0. The van der Waals surface area contributed by atoms with Crippen molar-refractivity contribution < 1.29 is 14.3 Å². The summed E-state index contributed by atoms with van der Waals surface area (Å²) in [6.45, 7) is 2.05. The average molecular weight is 248 g/mol. The van der Waals surface area contributed by atoms with Crippen LogP contribution in [0.1, 0.15) is 31.2 Å². The van der Waals surface area contributed by atoms with E-state index in [0.29, 0.717) is 0 Å². The van der Waals surface area contributed by atoms with Gasteiger partial charge in [-0.1, -0.05) is 18.2 Å². The lowest BCUT2D eigenvalue weighted by Gasteiger charge is -2.28. The molecule has 3 heteroatoms. The maximum atomic E-state index is 11.4. The largest absolute Gasteiger partial charge is 0.490 e. The molecule has 1 aromatic rings. The number of ether oxygens (including phenoxy) is 2. The minimum Gasteiger partial charge on any atom is -0.490 e. The second kappa shape index (κ2) is 5.89. The van der Waals surface area contributed by atoms with Crippen molar-refractivity contribution in [3.05, 3.63) is 29.8 Å². The third-order valence-electron chi connectivity index (χ3n) is 3.60. The molecule has 18 heavy (non-hydrogen) atoms. The van der Waals surface area contributed by atoms with Crippen LogP contribution in [0.4, 0.5) is 0 Å². The van der Waals surface area contributed by atoms with Crippen molar-refractivity contribution in [3.8, 4) is 5.75 Å². The highest BCUT2D eigenvalue weighted by molar-refractivity contribution is 5.72. The highest BCUT2D eigenvalue weighted by Gasteiger charge is 2.27. The molecule has 0 atom stereocenters. The molecule has 0 aliphatic heterocycles. The van der Waals surface area contributed by atoms with E-state index in [4.69, 9.17) is 9.47 Å². The van der Waals surface area contributed by atoms with Gasteiger partial charge >= 0.3 is 5.97 Å². The topological polar surface area (TPSA) is 35.5 Å². The van der Waals surface area contributed by atoms with Gasteiger partial charge < -0.3 is 9.47 Å². The fraction of sp³-hybridized carbons (Fsp3) is 0.533. The van der Waals surface area contributed by atoms with Crippen molar-refractivity contribution >= 4 is 5.97 Å². The van der Waals surface area contributed by atoms with Gasteiger partial charge in [-0.25, -0.2) is 0 Å². The van der Waals surface area contributed by atoms with E-state index in [1.165, 1.54) is 7.11 Å². The molecule has 0 unspecified atom stereocenters. The van der Waals surface area contributed by atoms with Gasteiger partial charge in [0.25, 0.3) is 0 Å². The number of carbonyl (C=O) groups is 1. The van der Waals surface area contributed by atoms with Crippen molar-refractivity contribution in [2.45, 2.75) is 38.7 Å². The second-order valence-electron chi connectivity index (χ2n) is 4.88. The summed E-state index contributed by atoms with van der Waals surface area (Å²) in [6, 6.07) is 8.05. The quantitative estimate of drug-likeness (QED) is 0.771. The number of benzene rings is 1. The Kier molecular flexibility index (Phi) is 4.24. The summed E-state index contributed by atoms with van der Waals surface area (Å²) in [5.74, 6) is 0.940. The highest BCUT2D eigenvalue weighted by atomic mass is 16.5. The van der Waals surface area contributed by atoms with Crippen LogP contribution in [0.5, 0.6) is 5.75 Å². The summed E-state index contributed by atoms with van der Waals surface area (Å²) >= 11 is 0. The summed E-state index contributed by atoms with van der Waals surface area (Å²) in [5.41, 5.74) is 1.16. The lowest BCUT2D eigenvalue weighted by Crippen LogP contribution is -2.28. The Balaban J connectivity index is 1.87. The monoisotopic (exact) mass is 248 g/mol. The van der Waals surface area contributed by atoms with Crippen molar-refractivity contribution in [1.29, 1.82) is 0 Å². The van der Waals surface area contributed by atoms with Gasteiger partial charge in [0.15, 0.2) is 0 Å². The van der Waals surface area contributed by atoms with Gasteiger partial charge in [-0.05, 0) is 44.2 Å². The maximum Gasteiger partial charge on any atom is 0.308 e. The predicted molar refractivity (Wildman–Crippen MR) is 69.6 cm³/mol. The predicted octanol–water partition coefficient (Wildman–Crippen LogP) is 3.11. The molecule has 0 bridgehead atoms. The maximum absolute atomic E-state index is 11.4. The molecular formula is C15H20O3. The van der Waals surface area contributed by atoms with E-state index < -0.39 is 0 Å². The lowest BCUT2D eigenvalue weighted by atomic mass is 9.87. The Morgan fingerprint density at radius 3 is 2.44 bits per heavy atom. The Bertz CT molecular complexity index is 406. The number of para-hydroxylation sites is 1. The molecule has 1 saturated carbocycles. The zero-order chi connectivity index (χ0) is 13.0. The lowest BCUT2D eigenvalue weighted by molar-refractivity contribution is -0.147. The third kappa shape index (κ3) is 3.03. The first-order valence-electron chi connectivity index (χ1n) is 6.51. The molecule has 1 aliphatic rings. The molecule has 0 saturated heterocycles. The van der Waals surface area contributed by atoms with Crippen LogP contribution in [0, 0.1) is 12.8 Å². The standard InChI is InChI=1S/C15H20O3/c1-11-5-3-4-6-14(11)18-13-9-7-12(8-10-13)15(16)17-2/h3-6,12-13H,7-10H2,1-2H3/t12-,13-. The second-order valence-corrected chi connectivity index (χ2v) is 4.88. The Hall–Kier alpha value is -1.51. The van der Waals surface area contributed by atoms with Gasteiger partial charge in [-0.15, -0.1) is 0 Å². The van der Waals surface area contributed by atoms with E-state index in [2.05, 4.69) is 13.0 Å². The van der Waals surface area contributed by atoms with Crippen LogP contribution in [0.3, 0.4) is 0 Å². The number of aryl methyl sites for hydroxylation is 1. The number of carbonyl (C=O) groups excluding carboxylic acids is 1. The third-order valence-corrected chi connectivity index (χ3v) is 3.60. The first-order valence-corrected chi connectivity index (χ1v) is 6.51. The molecule has 1 fully saturated rings.